The Bertz CT molecular complexity index is 517. The zero-order chi connectivity index (χ0) is 14.8. The fourth-order valence-corrected chi connectivity index (χ4v) is 3.81. The van der Waals surface area contributed by atoms with Gasteiger partial charge in [0.25, 0.3) is 0 Å². The van der Waals surface area contributed by atoms with Crippen LogP contribution in [0.4, 0.5) is 0 Å². The summed E-state index contributed by atoms with van der Waals surface area (Å²) in [5.41, 5.74) is 6.89. The molecule has 1 aromatic rings. The first kappa shape index (κ1) is 14.4. The molecule has 1 aromatic carbocycles. The molecule has 114 valence electrons. The van der Waals surface area contributed by atoms with E-state index in [2.05, 4.69) is 0 Å². The van der Waals surface area contributed by atoms with Gasteiger partial charge in [0.05, 0.1) is 12.5 Å². The second kappa shape index (κ2) is 6.06. The zero-order valence-corrected chi connectivity index (χ0v) is 12.6. The van der Waals surface area contributed by atoms with Crippen molar-refractivity contribution in [3.8, 4) is 5.75 Å². The maximum Gasteiger partial charge on any atom is 0.230 e. The number of carbonyl (C=O) groups is 1. The molecule has 3 unspecified atom stereocenters. The van der Waals surface area contributed by atoms with Crippen LogP contribution in [0.3, 0.4) is 0 Å². The number of nitrogens with two attached hydrogens (primary N) is 1. The largest absolute Gasteiger partial charge is 0.493 e. The van der Waals surface area contributed by atoms with Gasteiger partial charge in [0, 0.05) is 18.7 Å². The highest BCUT2D eigenvalue weighted by Gasteiger charge is 2.36. The van der Waals surface area contributed by atoms with Gasteiger partial charge in [-0.15, -0.1) is 0 Å². The molecular formula is C17H24N2O2. The number of hydrogen-bond acceptors (Lipinski definition) is 3. The van der Waals surface area contributed by atoms with E-state index in [9.17, 15) is 4.79 Å². The van der Waals surface area contributed by atoms with Crippen molar-refractivity contribution in [1.82, 2.24) is 4.90 Å². The summed E-state index contributed by atoms with van der Waals surface area (Å²) in [5, 5.41) is 0. The number of fused-ring (bicyclic) bond motifs is 1. The zero-order valence-electron chi connectivity index (χ0n) is 12.6. The van der Waals surface area contributed by atoms with E-state index in [1.54, 1.807) is 0 Å². The Hall–Kier alpha value is -1.55. The summed E-state index contributed by atoms with van der Waals surface area (Å²) in [6, 6.07) is 8.20. The molecule has 4 nitrogen and oxygen atoms in total. The lowest BCUT2D eigenvalue weighted by atomic mass is 9.90. The first-order valence-electron chi connectivity index (χ1n) is 7.91. The first-order valence-corrected chi connectivity index (χ1v) is 7.91. The Morgan fingerprint density at radius 2 is 2.14 bits per heavy atom. The number of nitrogens with zero attached hydrogens (tertiary/aromatic N) is 1. The standard InChI is InChI=1S/C17H24N2O2/c1-19(15-7-4-5-12(15)11-18)17(20)14-9-10-21-16-8-3-2-6-13(14)16/h2-3,6,8,12,14-15H,4-5,7,9-11,18H2,1H3. The second-order valence-corrected chi connectivity index (χ2v) is 6.17. The smallest absolute Gasteiger partial charge is 0.230 e. The third-order valence-corrected chi connectivity index (χ3v) is 5.02. The van der Waals surface area contributed by atoms with E-state index >= 15 is 0 Å². The molecule has 0 spiro atoms. The molecular weight excluding hydrogens is 264 g/mol. The van der Waals surface area contributed by atoms with Gasteiger partial charge in [-0.1, -0.05) is 24.6 Å². The van der Waals surface area contributed by atoms with Gasteiger partial charge >= 0.3 is 0 Å². The van der Waals surface area contributed by atoms with Crippen molar-refractivity contribution in [2.75, 3.05) is 20.2 Å². The first-order chi connectivity index (χ1) is 10.2. The van der Waals surface area contributed by atoms with Gasteiger partial charge in [-0.25, -0.2) is 0 Å². The second-order valence-electron chi connectivity index (χ2n) is 6.17. The van der Waals surface area contributed by atoms with Crippen molar-refractivity contribution in [2.24, 2.45) is 11.7 Å². The molecule has 2 aliphatic rings. The minimum atomic E-state index is -0.0704. The highest BCUT2D eigenvalue weighted by Crippen LogP contribution is 2.36. The molecule has 0 aromatic heterocycles. The van der Waals surface area contributed by atoms with E-state index in [0.29, 0.717) is 25.1 Å². The molecule has 2 N–H and O–H groups in total. The SMILES string of the molecule is CN(C(=O)C1CCOc2ccccc21)C1CCCC1CN. The summed E-state index contributed by atoms with van der Waals surface area (Å²) in [7, 11) is 1.94. The molecule has 4 heteroatoms. The lowest BCUT2D eigenvalue weighted by molar-refractivity contribution is -0.134. The van der Waals surface area contributed by atoms with Gasteiger partial charge < -0.3 is 15.4 Å². The van der Waals surface area contributed by atoms with E-state index in [0.717, 1.165) is 30.6 Å². The average Bonchev–Trinajstić information content (AvgIpc) is 3.01. The van der Waals surface area contributed by atoms with Crippen molar-refractivity contribution in [3.05, 3.63) is 29.8 Å². The summed E-state index contributed by atoms with van der Waals surface area (Å²) >= 11 is 0. The van der Waals surface area contributed by atoms with Gasteiger partial charge in [-0.3, -0.25) is 4.79 Å². The molecule has 1 aliphatic heterocycles. The van der Waals surface area contributed by atoms with Crippen molar-refractivity contribution in [3.63, 3.8) is 0 Å². The van der Waals surface area contributed by atoms with Crippen LogP contribution >= 0.6 is 0 Å². The topological polar surface area (TPSA) is 55.6 Å². The van der Waals surface area contributed by atoms with Crippen LogP contribution in [0.1, 0.15) is 37.2 Å². The van der Waals surface area contributed by atoms with E-state index < -0.39 is 0 Å². The van der Waals surface area contributed by atoms with Crippen molar-refractivity contribution >= 4 is 5.91 Å². The Morgan fingerprint density at radius 1 is 1.33 bits per heavy atom. The molecule has 1 aliphatic carbocycles. The minimum absolute atomic E-state index is 0.0704. The van der Waals surface area contributed by atoms with Crippen LogP contribution in [0, 0.1) is 5.92 Å². The Labute approximate surface area is 126 Å². The van der Waals surface area contributed by atoms with Crippen LogP contribution in [0.15, 0.2) is 24.3 Å². The summed E-state index contributed by atoms with van der Waals surface area (Å²) in [5.74, 6) is 1.46. The summed E-state index contributed by atoms with van der Waals surface area (Å²) in [4.78, 5) is 14.9. The molecule has 1 amide bonds. The molecule has 0 radical (unpaired) electrons. The lowest BCUT2D eigenvalue weighted by Crippen LogP contribution is -2.44. The Balaban J connectivity index is 1.79. The Morgan fingerprint density at radius 3 is 2.95 bits per heavy atom. The molecule has 1 heterocycles. The molecule has 3 atom stereocenters. The number of hydrogen-bond donors (Lipinski definition) is 1. The van der Waals surface area contributed by atoms with E-state index in [4.69, 9.17) is 10.5 Å². The maximum atomic E-state index is 12.9. The number of carbonyl (C=O) groups excluding carboxylic acids is 1. The summed E-state index contributed by atoms with van der Waals surface area (Å²) in [6.45, 7) is 1.29. The van der Waals surface area contributed by atoms with Crippen LogP contribution in [-0.2, 0) is 4.79 Å². The van der Waals surface area contributed by atoms with Gasteiger partial charge in [-0.05, 0) is 37.8 Å². The van der Waals surface area contributed by atoms with Crippen molar-refractivity contribution in [1.29, 1.82) is 0 Å². The number of para-hydroxylation sites is 1. The fraction of sp³-hybridized carbons (Fsp3) is 0.588. The van der Waals surface area contributed by atoms with Crippen LogP contribution in [0.2, 0.25) is 0 Å². The van der Waals surface area contributed by atoms with Gasteiger partial charge in [-0.2, -0.15) is 0 Å². The normalized spacial score (nSPS) is 27.8. The van der Waals surface area contributed by atoms with E-state index in [-0.39, 0.29) is 11.8 Å². The predicted octanol–water partition coefficient (Wildman–Crippen LogP) is 2.14. The van der Waals surface area contributed by atoms with Crippen LogP contribution < -0.4 is 10.5 Å². The Kier molecular flexibility index (Phi) is 4.15. The number of rotatable bonds is 3. The summed E-state index contributed by atoms with van der Waals surface area (Å²) < 4.78 is 5.66. The number of benzene rings is 1. The number of ether oxygens (including phenoxy) is 1. The minimum Gasteiger partial charge on any atom is -0.493 e. The third-order valence-electron chi connectivity index (χ3n) is 5.02. The molecule has 1 saturated carbocycles. The third kappa shape index (κ3) is 2.64. The quantitative estimate of drug-likeness (QED) is 0.927. The average molecular weight is 288 g/mol. The maximum absolute atomic E-state index is 12.9. The van der Waals surface area contributed by atoms with Gasteiger partial charge in [0.15, 0.2) is 0 Å². The monoisotopic (exact) mass is 288 g/mol. The molecule has 0 saturated heterocycles. The van der Waals surface area contributed by atoms with Crippen LogP contribution in [0.5, 0.6) is 5.75 Å². The molecule has 1 fully saturated rings. The predicted molar refractivity (Wildman–Crippen MR) is 82.2 cm³/mol. The van der Waals surface area contributed by atoms with Crippen molar-refractivity contribution < 1.29 is 9.53 Å². The molecule has 21 heavy (non-hydrogen) atoms. The lowest BCUT2D eigenvalue weighted by Gasteiger charge is -2.34. The molecule has 0 bridgehead atoms. The molecule has 3 rings (SSSR count). The highest BCUT2D eigenvalue weighted by molar-refractivity contribution is 5.85. The van der Waals surface area contributed by atoms with Crippen molar-refractivity contribution in [2.45, 2.75) is 37.6 Å². The summed E-state index contributed by atoms with van der Waals surface area (Å²) in [6.07, 6.45) is 4.16. The van der Waals surface area contributed by atoms with Gasteiger partial charge in [0.2, 0.25) is 5.91 Å². The van der Waals surface area contributed by atoms with Crippen LogP contribution in [0.25, 0.3) is 0 Å². The van der Waals surface area contributed by atoms with E-state index in [1.165, 1.54) is 6.42 Å². The number of likely N-dealkylation sites (N-methyl/N-ethyl adjacent to an activating group) is 1. The van der Waals surface area contributed by atoms with E-state index in [1.807, 2.05) is 36.2 Å². The fourth-order valence-electron chi connectivity index (χ4n) is 3.81. The highest BCUT2D eigenvalue weighted by atomic mass is 16.5. The van der Waals surface area contributed by atoms with Gasteiger partial charge in [0.1, 0.15) is 5.75 Å². The van der Waals surface area contributed by atoms with Crippen LogP contribution in [-0.4, -0.2) is 37.0 Å². The number of amides is 1.